The second-order valence-corrected chi connectivity index (χ2v) is 5.58. The molecule has 4 heteroatoms. The van der Waals surface area contributed by atoms with Gasteiger partial charge in [-0.15, -0.1) is 0 Å². The van der Waals surface area contributed by atoms with Crippen molar-refractivity contribution in [3.05, 3.63) is 58.4 Å². The molecule has 0 aliphatic heterocycles. The van der Waals surface area contributed by atoms with Crippen LogP contribution in [0.25, 0.3) is 0 Å². The van der Waals surface area contributed by atoms with Crippen LogP contribution in [0, 0.1) is 6.92 Å². The zero-order valence-electron chi connectivity index (χ0n) is 12.7. The molecule has 0 aliphatic carbocycles. The Kier molecular flexibility index (Phi) is 5.21. The Bertz CT molecular complexity index is 613. The first-order valence-electron chi connectivity index (χ1n) is 7.16. The molecule has 2 aromatic rings. The van der Waals surface area contributed by atoms with E-state index in [0.717, 1.165) is 29.2 Å². The van der Waals surface area contributed by atoms with Crippen LogP contribution >= 0.6 is 11.6 Å². The smallest absolute Gasteiger partial charge is 0.0762 e. The maximum Gasteiger partial charge on any atom is 0.0762 e. The van der Waals surface area contributed by atoms with Crippen molar-refractivity contribution in [2.75, 3.05) is 11.4 Å². The summed E-state index contributed by atoms with van der Waals surface area (Å²) in [4.78, 5) is 6.71. The highest BCUT2D eigenvalue weighted by atomic mass is 35.5. The Morgan fingerprint density at radius 3 is 2.62 bits per heavy atom. The lowest BCUT2D eigenvalue weighted by molar-refractivity contribution is 0.199. The molecule has 0 radical (unpaired) electrons. The molecule has 3 nitrogen and oxygen atoms in total. The average Bonchev–Trinajstić information content (AvgIpc) is 2.45. The van der Waals surface area contributed by atoms with E-state index in [1.54, 1.807) is 6.92 Å². The van der Waals surface area contributed by atoms with Gasteiger partial charge in [0.2, 0.25) is 0 Å². The lowest BCUT2D eigenvalue weighted by atomic mass is 10.1. The molecule has 1 N–H and O–H groups in total. The lowest BCUT2D eigenvalue weighted by Gasteiger charge is -2.24. The molecule has 112 valence electrons. The summed E-state index contributed by atoms with van der Waals surface area (Å²) >= 11 is 6.37. The van der Waals surface area contributed by atoms with Gasteiger partial charge in [-0.05, 0) is 50.6 Å². The van der Waals surface area contributed by atoms with Crippen LogP contribution in [0.3, 0.4) is 0 Å². The lowest BCUT2D eigenvalue weighted by Crippen LogP contribution is -2.23. The molecule has 1 aromatic heterocycles. The minimum Gasteiger partial charge on any atom is -0.389 e. The van der Waals surface area contributed by atoms with Crippen LogP contribution in [0.2, 0.25) is 5.02 Å². The van der Waals surface area contributed by atoms with E-state index in [9.17, 15) is 5.11 Å². The van der Waals surface area contributed by atoms with Gasteiger partial charge in [0.15, 0.2) is 0 Å². The predicted octanol–water partition coefficient (Wildman–Crippen LogP) is 4.12. The first-order chi connectivity index (χ1) is 10.0. The van der Waals surface area contributed by atoms with Crippen molar-refractivity contribution in [3.8, 4) is 0 Å². The van der Waals surface area contributed by atoms with Gasteiger partial charge in [0.05, 0.1) is 29.1 Å². The molecular weight excluding hydrogens is 284 g/mol. The number of rotatable bonds is 5. The van der Waals surface area contributed by atoms with Crippen LogP contribution in [-0.2, 0) is 6.54 Å². The molecule has 1 atom stereocenters. The fraction of sp³-hybridized carbons (Fsp3) is 0.353. The van der Waals surface area contributed by atoms with Crippen molar-refractivity contribution in [3.63, 3.8) is 0 Å². The minimum absolute atomic E-state index is 0.509. The monoisotopic (exact) mass is 304 g/mol. The molecule has 0 amide bonds. The summed E-state index contributed by atoms with van der Waals surface area (Å²) in [6, 6.07) is 11.7. The van der Waals surface area contributed by atoms with E-state index in [-0.39, 0.29) is 0 Å². The van der Waals surface area contributed by atoms with Gasteiger partial charge in [-0.3, -0.25) is 4.98 Å². The van der Waals surface area contributed by atoms with Gasteiger partial charge in [-0.1, -0.05) is 23.7 Å². The van der Waals surface area contributed by atoms with E-state index in [4.69, 9.17) is 11.6 Å². The summed E-state index contributed by atoms with van der Waals surface area (Å²) < 4.78 is 0. The van der Waals surface area contributed by atoms with E-state index in [1.807, 2.05) is 43.3 Å². The molecule has 0 saturated heterocycles. The molecule has 1 aromatic carbocycles. The molecule has 1 heterocycles. The summed E-state index contributed by atoms with van der Waals surface area (Å²) in [5.41, 5.74) is 3.83. The van der Waals surface area contributed by atoms with Gasteiger partial charge in [0.25, 0.3) is 0 Å². The van der Waals surface area contributed by atoms with E-state index >= 15 is 0 Å². The van der Waals surface area contributed by atoms with Gasteiger partial charge in [0.1, 0.15) is 0 Å². The number of anilines is 1. The minimum atomic E-state index is -0.509. The molecule has 0 fully saturated rings. The summed E-state index contributed by atoms with van der Waals surface area (Å²) in [6.07, 6.45) is -0.509. The molecule has 0 spiro atoms. The third kappa shape index (κ3) is 3.96. The van der Waals surface area contributed by atoms with Crippen LogP contribution in [0.1, 0.15) is 36.9 Å². The Balaban J connectivity index is 2.25. The summed E-state index contributed by atoms with van der Waals surface area (Å²) in [5, 5.41) is 10.3. The summed E-state index contributed by atoms with van der Waals surface area (Å²) in [7, 11) is 0. The number of halogens is 1. The summed E-state index contributed by atoms with van der Waals surface area (Å²) in [6.45, 7) is 7.37. The van der Waals surface area contributed by atoms with Crippen molar-refractivity contribution in [1.82, 2.24) is 4.98 Å². The number of aromatic nitrogens is 1. The van der Waals surface area contributed by atoms with Crippen LogP contribution in [0.4, 0.5) is 5.69 Å². The van der Waals surface area contributed by atoms with Crippen molar-refractivity contribution >= 4 is 17.3 Å². The molecule has 0 saturated carbocycles. The molecule has 2 rings (SSSR count). The molecule has 0 aliphatic rings. The summed E-state index contributed by atoms with van der Waals surface area (Å²) in [5.74, 6) is 0. The fourth-order valence-electron chi connectivity index (χ4n) is 2.29. The Morgan fingerprint density at radius 1 is 1.29 bits per heavy atom. The number of nitrogens with zero attached hydrogens (tertiary/aromatic N) is 2. The third-order valence-corrected chi connectivity index (χ3v) is 3.78. The zero-order chi connectivity index (χ0) is 15.4. The maximum absolute atomic E-state index is 9.62. The van der Waals surface area contributed by atoms with E-state index in [2.05, 4.69) is 16.8 Å². The Hall–Kier alpha value is -1.58. The van der Waals surface area contributed by atoms with E-state index in [0.29, 0.717) is 11.6 Å². The normalized spacial score (nSPS) is 12.2. The van der Waals surface area contributed by atoms with Gasteiger partial charge in [0, 0.05) is 12.2 Å². The zero-order valence-corrected chi connectivity index (χ0v) is 13.4. The van der Waals surface area contributed by atoms with Crippen molar-refractivity contribution in [1.29, 1.82) is 0 Å². The standard InChI is InChI=1S/C17H21ClN2O/c1-4-20(11-15-7-5-6-12(2)19-15)17-9-8-14(13(3)21)10-16(17)18/h5-10,13,21H,4,11H2,1-3H3/t13-/m0/s1. The number of aliphatic hydroxyl groups excluding tert-OH is 1. The van der Waals surface area contributed by atoms with Crippen LogP contribution < -0.4 is 4.90 Å². The van der Waals surface area contributed by atoms with Crippen molar-refractivity contribution < 1.29 is 5.11 Å². The van der Waals surface area contributed by atoms with Gasteiger partial charge in [-0.25, -0.2) is 0 Å². The molecular formula is C17H21ClN2O. The van der Waals surface area contributed by atoms with Crippen LogP contribution in [-0.4, -0.2) is 16.6 Å². The van der Waals surface area contributed by atoms with Gasteiger partial charge in [-0.2, -0.15) is 0 Å². The Morgan fingerprint density at radius 2 is 2.05 bits per heavy atom. The first kappa shape index (κ1) is 15.8. The molecule has 0 unspecified atom stereocenters. The van der Waals surface area contributed by atoms with E-state index < -0.39 is 6.10 Å². The number of hydrogen-bond acceptors (Lipinski definition) is 3. The number of aryl methyl sites for hydroxylation is 1. The van der Waals surface area contributed by atoms with Crippen LogP contribution in [0.5, 0.6) is 0 Å². The number of benzene rings is 1. The average molecular weight is 305 g/mol. The van der Waals surface area contributed by atoms with Crippen molar-refractivity contribution in [2.45, 2.75) is 33.4 Å². The maximum atomic E-state index is 9.62. The second kappa shape index (κ2) is 6.92. The Labute approximate surface area is 131 Å². The first-order valence-corrected chi connectivity index (χ1v) is 7.54. The SMILES string of the molecule is CCN(Cc1cccc(C)n1)c1ccc([C@H](C)O)cc1Cl. The van der Waals surface area contributed by atoms with Crippen LogP contribution in [0.15, 0.2) is 36.4 Å². The highest BCUT2D eigenvalue weighted by Gasteiger charge is 2.12. The number of hydrogen-bond donors (Lipinski definition) is 1. The highest BCUT2D eigenvalue weighted by Crippen LogP contribution is 2.29. The largest absolute Gasteiger partial charge is 0.389 e. The van der Waals surface area contributed by atoms with Gasteiger partial charge >= 0.3 is 0 Å². The predicted molar refractivity (Wildman–Crippen MR) is 87.8 cm³/mol. The van der Waals surface area contributed by atoms with Crippen molar-refractivity contribution in [2.24, 2.45) is 0 Å². The third-order valence-electron chi connectivity index (χ3n) is 3.48. The van der Waals surface area contributed by atoms with Gasteiger partial charge < -0.3 is 10.0 Å². The van der Waals surface area contributed by atoms with E-state index in [1.165, 1.54) is 0 Å². The topological polar surface area (TPSA) is 36.4 Å². The second-order valence-electron chi connectivity index (χ2n) is 5.17. The molecule has 21 heavy (non-hydrogen) atoms. The highest BCUT2D eigenvalue weighted by molar-refractivity contribution is 6.33. The molecule has 0 bridgehead atoms. The fourth-order valence-corrected chi connectivity index (χ4v) is 2.60. The number of aliphatic hydroxyl groups is 1. The quantitative estimate of drug-likeness (QED) is 0.902. The number of pyridine rings is 1.